The second kappa shape index (κ2) is 11.2. The minimum Gasteiger partial charge on any atom is -0.379 e. The molecule has 2 heterocycles. The standard InChI is InChI=1S/C22H37N5O/c1-3-23-22(26(2)14-15-28-18-19-8-9-19)25-17-20-10-11-21(24-16-20)27-12-6-4-5-7-13-27/h10-11,16,19H,3-9,12-15,17-18H2,1-2H3,(H,23,25). The number of nitrogens with one attached hydrogen (secondary N) is 1. The van der Waals surface area contributed by atoms with Crippen molar-refractivity contribution in [1.82, 2.24) is 15.2 Å². The van der Waals surface area contributed by atoms with Gasteiger partial charge in [-0.25, -0.2) is 9.98 Å². The molecule has 0 radical (unpaired) electrons. The van der Waals surface area contributed by atoms with Crippen LogP contribution in [0.2, 0.25) is 0 Å². The van der Waals surface area contributed by atoms with Crippen molar-refractivity contribution >= 4 is 11.8 Å². The smallest absolute Gasteiger partial charge is 0.194 e. The number of rotatable bonds is 9. The second-order valence-electron chi connectivity index (χ2n) is 8.04. The minimum absolute atomic E-state index is 0.642. The van der Waals surface area contributed by atoms with Crippen LogP contribution in [0.5, 0.6) is 0 Å². The molecule has 28 heavy (non-hydrogen) atoms. The molecular formula is C22H37N5O. The van der Waals surface area contributed by atoms with Crippen LogP contribution in [-0.4, -0.2) is 62.3 Å². The van der Waals surface area contributed by atoms with Gasteiger partial charge < -0.3 is 19.9 Å². The van der Waals surface area contributed by atoms with E-state index in [1.807, 2.05) is 6.20 Å². The van der Waals surface area contributed by atoms with Gasteiger partial charge in [-0.3, -0.25) is 0 Å². The van der Waals surface area contributed by atoms with Crippen LogP contribution in [0.3, 0.4) is 0 Å². The lowest BCUT2D eigenvalue weighted by Crippen LogP contribution is -2.40. The van der Waals surface area contributed by atoms with Gasteiger partial charge in [0.25, 0.3) is 0 Å². The topological polar surface area (TPSA) is 53.0 Å². The number of aliphatic imine (C=N–C) groups is 1. The quantitative estimate of drug-likeness (QED) is 0.400. The first-order chi connectivity index (χ1) is 13.8. The first-order valence-electron chi connectivity index (χ1n) is 11.0. The Morgan fingerprint density at radius 2 is 2.04 bits per heavy atom. The Bertz CT molecular complexity index is 591. The Morgan fingerprint density at radius 1 is 1.25 bits per heavy atom. The van der Waals surface area contributed by atoms with Crippen LogP contribution >= 0.6 is 0 Å². The van der Waals surface area contributed by atoms with Crippen molar-refractivity contribution in [3.63, 3.8) is 0 Å². The summed E-state index contributed by atoms with van der Waals surface area (Å²) in [7, 11) is 2.07. The summed E-state index contributed by atoms with van der Waals surface area (Å²) in [6.07, 6.45) is 9.89. The SMILES string of the molecule is CCNC(=NCc1ccc(N2CCCCCC2)nc1)N(C)CCOCC1CC1. The fourth-order valence-electron chi connectivity index (χ4n) is 3.47. The molecule has 6 nitrogen and oxygen atoms in total. The number of hydrogen-bond donors (Lipinski definition) is 1. The molecule has 2 fully saturated rings. The average Bonchev–Trinajstić information content (AvgIpc) is 3.56. The normalized spacial score (nSPS) is 18.1. The van der Waals surface area contributed by atoms with Gasteiger partial charge in [0.05, 0.1) is 13.2 Å². The molecule has 0 unspecified atom stereocenters. The largest absolute Gasteiger partial charge is 0.379 e. The molecule has 1 saturated heterocycles. The number of anilines is 1. The summed E-state index contributed by atoms with van der Waals surface area (Å²) in [4.78, 5) is 14.1. The maximum atomic E-state index is 5.76. The molecule has 1 aromatic rings. The van der Waals surface area contributed by atoms with Crippen molar-refractivity contribution in [3.8, 4) is 0 Å². The van der Waals surface area contributed by atoms with Gasteiger partial charge in [0.2, 0.25) is 0 Å². The maximum absolute atomic E-state index is 5.76. The lowest BCUT2D eigenvalue weighted by Gasteiger charge is -2.22. The summed E-state index contributed by atoms with van der Waals surface area (Å²) in [6, 6.07) is 4.32. The zero-order chi connectivity index (χ0) is 19.6. The third kappa shape index (κ3) is 6.97. The number of guanidine groups is 1. The van der Waals surface area contributed by atoms with Crippen LogP contribution in [0.25, 0.3) is 0 Å². The highest BCUT2D eigenvalue weighted by atomic mass is 16.5. The highest BCUT2D eigenvalue weighted by molar-refractivity contribution is 5.79. The maximum Gasteiger partial charge on any atom is 0.194 e. The van der Waals surface area contributed by atoms with E-state index in [0.29, 0.717) is 6.54 Å². The Balaban J connectivity index is 1.49. The van der Waals surface area contributed by atoms with Gasteiger partial charge in [0.15, 0.2) is 5.96 Å². The van der Waals surface area contributed by atoms with Crippen LogP contribution in [0.4, 0.5) is 5.82 Å². The number of hydrogen-bond acceptors (Lipinski definition) is 4. The summed E-state index contributed by atoms with van der Waals surface area (Å²) >= 11 is 0. The third-order valence-electron chi connectivity index (χ3n) is 5.47. The Kier molecular flexibility index (Phi) is 8.40. The van der Waals surface area contributed by atoms with E-state index in [9.17, 15) is 0 Å². The van der Waals surface area contributed by atoms with Gasteiger partial charge in [-0.15, -0.1) is 0 Å². The lowest BCUT2D eigenvalue weighted by molar-refractivity contribution is 0.115. The van der Waals surface area contributed by atoms with E-state index in [4.69, 9.17) is 14.7 Å². The van der Waals surface area contributed by atoms with Gasteiger partial charge in [0.1, 0.15) is 5.82 Å². The van der Waals surface area contributed by atoms with Crippen molar-refractivity contribution in [1.29, 1.82) is 0 Å². The number of pyridine rings is 1. The molecular weight excluding hydrogens is 350 g/mol. The van der Waals surface area contributed by atoms with E-state index in [1.165, 1.54) is 38.5 Å². The molecule has 1 N–H and O–H groups in total. The van der Waals surface area contributed by atoms with Crippen LogP contribution < -0.4 is 10.2 Å². The number of nitrogens with zero attached hydrogens (tertiary/aromatic N) is 4. The van der Waals surface area contributed by atoms with E-state index in [2.05, 4.69) is 41.2 Å². The molecule has 1 saturated carbocycles. The van der Waals surface area contributed by atoms with Gasteiger partial charge in [0, 0.05) is 46.0 Å². The predicted molar refractivity (Wildman–Crippen MR) is 116 cm³/mol. The molecule has 1 aromatic heterocycles. The van der Waals surface area contributed by atoms with E-state index in [-0.39, 0.29) is 0 Å². The van der Waals surface area contributed by atoms with Crippen molar-refractivity contribution in [2.45, 2.75) is 52.0 Å². The van der Waals surface area contributed by atoms with E-state index in [1.54, 1.807) is 0 Å². The lowest BCUT2D eigenvalue weighted by atomic mass is 10.2. The Hall–Kier alpha value is -1.82. The zero-order valence-electron chi connectivity index (χ0n) is 17.7. The molecule has 0 bridgehead atoms. The summed E-state index contributed by atoms with van der Waals surface area (Å²) in [5.74, 6) is 2.84. The molecule has 0 spiro atoms. The first-order valence-corrected chi connectivity index (χ1v) is 11.0. The Morgan fingerprint density at radius 3 is 2.68 bits per heavy atom. The highest BCUT2D eigenvalue weighted by Gasteiger charge is 2.21. The van der Waals surface area contributed by atoms with Crippen LogP contribution in [0.15, 0.2) is 23.3 Å². The first kappa shape index (κ1) is 20.9. The van der Waals surface area contributed by atoms with Crippen LogP contribution in [-0.2, 0) is 11.3 Å². The summed E-state index contributed by atoms with van der Waals surface area (Å²) in [5.41, 5.74) is 1.15. The molecule has 6 heteroatoms. The second-order valence-corrected chi connectivity index (χ2v) is 8.04. The fourth-order valence-corrected chi connectivity index (χ4v) is 3.47. The van der Waals surface area contributed by atoms with Crippen molar-refractivity contribution in [2.75, 3.05) is 51.3 Å². The minimum atomic E-state index is 0.642. The van der Waals surface area contributed by atoms with Gasteiger partial charge in [-0.1, -0.05) is 18.9 Å². The van der Waals surface area contributed by atoms with E-state index in [0.717, 1.165) is 62.7 Å². The molecule has 0 aromatic carbocycles. The highest BCUT2D eigenvalue weighted by Crippen LogP contribution is 2.28. The van der Waals surface area contributed by atoms with E-state index < -0.39 is 0 Å². The molecule has 3 rings (SSSR count). The van der Waals surface area contributed by atoms with Crippen LogP contribution in [0, 0.1) is 5.92 Å². The molecule has 1 aliphatic carbocycles. The zero-order valence-corrected chi connectivity index (χ0v) is 17.7. The third-order valence-corrected chi connectivity index (χ3v) is 5.47. The molecule has 0 amide bonds. The molecule has 2 aliphatic rings. The number of ether oxygens (including phenoxy) is 1. The van der Waals surface area contributed by atoms with E-state index >= 15 is 0 Å². The van der Waals surface area contributed by atoms with Crippen LogP contribution in [0.1, 0.15) is 51.0 Å². The number of aromatic nitrogens is 1. The predicted octanol–water partition coefficient (Wildman–Crippen LogP) is 3.29. The summed E-state index contributed by atoms with van der Waals surface area (Å²) < 4.78 is 5.76. The van der Waals surface area contributed by atoms with Gasteiger partial charge in [-0.05, 0) is 50.2 Å². The van der Waals surface area contributed by atoms with Crippen molar-refractivity contribution < 1.29 is 4.74 Å². The van der Waals surface area contributed by atoms with Crippen molar-refractivity contribution in [3.05, 3.63) is 23.9 Å². The monoisotopic (exact) mass is 387 g/mol. The number of likely N-dealkylation sites (N-methyl/N-ethyl adjacent to an activating group) is 1. The molecule has 1 aliphatic heterocycles. The fraction of sp³-hybridized carbons (Fsp3) is 0.727. The molecule has 0 atom stereocenters. The summed E-state index contributed by atoms with van der Waals surface area (Å²) in [5, 5.41) is 3.38. The molecule has 156 valence electrons. The summed E-state index contributed by atoms with van der Waals surface area (Å²) in [6.45, 7) is 8.38. The van der Waals surface area contributed by atoms with Gasteiger partial charge in [-0.2, -0.15) is 0 Å². The Labute approximate surface area is 170 Å². The van der Waals surface area contributed by atoms with Crippen molar-refractivity contribution in [2.24, 2.45) is 10.9 Å². The average molecular weight is 388 g/mol. The van der Waals surface area contributed by atoms with Gasteiger partial charge >= 0.3 is 0 Å².